The molecule has 0 atom stereocenters. The molecule has 2 heterocycles. The number of aromatic nitrogens is 2. The van der Waals surface area contributed by atoms with Crippen LogP contribution in [-0.2, 0) is 10.0 Å². The molecule has 2 aromatic rings. The summed E-state index contributed by atoms with van der Waals surface area (Å²) in [6.07, 6.45) is 0. The van der Waals surface area contributed by atoms with E-state index in [1.165, 1.54) is 10.4 Å². The van der Waals surface area contributed by atoms with Crippen LogP contribution in [0.5, 0.6) is 0 Å². The SMILES string of the molecule is Cc1cc(N2CCN(S(=O)(=O)c3cccc(Cl)c3Cl)CC2)nc(C(C)C)n1. The zero-order valence-electron chi connectivity index (χ0n) is 15.5. The lowest BCUT2D eigenvalue weighted by Crippen LogP contribution is -2.49. The van der Waals surface area contributed by atoms with Gasteiger partial charge < -0.3 is 4.90 Å². The summed E-state index contributed by atoms with van der Waals surface area (Å²) in [6.45, 7) is 7.85. The van der Waals surface area contributed by atoms with Gasteiger partial charge in [-0.25, -0.2) is 18.4 Å². The molecule has 27 heavy (non-hydrogen) atoms. The summed E-state index contributed by atoms with van der Waals surface area (Å²) in [5, 5.41) is 0.295. The van der Waals surface area contributed by atoms with Crippen molar-refractivity contribution in [2.45, 2.75) is 31.6 Å². The highest BCUT2D eigenvalue weighted by molar-refractivity contribution is 7.89. The van der Waals surface area contributed by atoms with Crippen molar-refractivity contribution in [3.8, 4) is 0 Å². The van der Waals surface area contributed by atoms with Crippen LogP contribution in [0.2, 0.25) is 10.0 Å². The molecule has 0 N–H and O–H groups in total. The molecule has 1 fully saturated rings. The number of sulfonamides is 1. The van der Waals surface area contributed by atoms with Gasteiger partial charge in [-0.2, -0.15) is 4.31 Å². The van der Waals surface area contributed by atoms with Crippen molar-refractivity contribution in [2.75, 3.05) is 31.1 Å². The van der Waals surface area contributed by atoms with Gasteiger partial charge in [0.1, 0.15) is 16.5 Å². The number of hydrogen-bond donors (Lipinski definition) is 0. The Morgan fingerprint density at radius 3 is 2.37 bits per heavy atom. The average Bonchev–Trinajstić information content (AvgIpc) is 2.63. The standard InChI is InChI=1S/C18H22Cl2N4O2S/c1-12(2)18-21-13(3)11-16(22-18)23-7-9-24(10-8-23)27(25,26)15-6-4-5-14(19)17(15)20/h4-6,11-12H,7-10H2,1-3H3. The maximum absolute atomic E-state index is 12.9. The Morgan fingerprint density at radius 2 is 1.74 bits per heavy atom. The van der Waals surface area contributed by atoms with Gasteiger partial charge in [0, 0.05) is 43.9 Å². The van der Waals surface area contributed by atoms with E-state index in [1.807, 2.05) is 13.0 Å². The van der Waals surface area contributed by atoms with Crippen molar-refractivity contribution in [1.82, 2.24) is 14.3 Å². The molecule has 0 radical (unpaired) electrons. The van der Waals surface area contributed by atoms with Gasteiger partial charge in [0.2, 0.25) is 10.0 Å². The maximum atomic E-state index is 12.9. The van der Waals surface area contributed by atoms with Crippen molar-refractivity contribution in [3.05, 3.63) is 45.8 Å². The number of benzene rings is 1. The first-order chi connectivity index (χ1) is 12.7. The number of nitrogens with zero attached hydrogens (tertiary/aromatic N) is 4. The lowest BCUT2D eigenvalue weighted by Gasteiger charge is -2.35. The molecule has 146 valence electrons. The van der Waals surface area contributed by atoms with E-state index in [9.17, 15) is 8.42 Å². The molecule has 1 aliphatic heterocycles. The summed E-state index contributed by atoms with van der Waals surface area (Å²) in [7, 11) is -3.69. The van der Waals surface area contributed by atoms with Crippen LogP contribution in [-0.4, -0.2) is 48.9 Å². The maximum Gasteiger partial charge on any atom is 0.244 e. The lowest BCUT2D eigenvalue weighted by molar-refractivity contribution is 0.383. The first-order valence-electron chi connectivity index (χ1n) is 8.75. The van der Waals surface area contributed by atoms with Crippen LogP contribution in [0.25, 0.3) is 0 Å². The minimum absolute atomic E-state index is 0.0464. The normalized spacial score (nSPS) is 16.1. The average molecular weight is 429 g/mol. The first kappa shape index (κ1) is 20.3. The Balaban J connectivity index is 1.78. The van der Waals surface area contributed by atoms with E-state index in [0.29, 0.717) is 26.2 Å². The Labute approximate surface area is 170 Å². The van der Waals surface area contributed by atoms with Gasteiger partial charge >= 0.3 is 0 Å². The quantitative estimate of drug-likeness (QED) is 0.741. The topological polar surface area (TPSA) is 66.4 Å². The minimum Gasteiger partial charge on any atom is -0.354 e. The van der Waals surface area contributed by atoms with Crippen LogP contribution in [0.4, 0.5) is 5.82 Å². The highest BCUT2D eigenvalue weighted by atomic mass is 35.5. The molecule has 0 bridgehead atoms. The van der Waals surface area contributed by atoms with Crippen molar-refractivity contribution in [3.63, 3.8) is 0 Å². The molecular weight excluding hydrogens is 407 g/mol. The molecule has 0 spiro atoms. The Hall–Kier alpha value is -1.41. The van der Waals surface area contributed by atoms with Crippen molar-refractivity contribution in [1.29, 1.82) is 0 Å². The summed E-state index contributed by atoms with van der Waals surface area (Å²) >= 11 is 12.1. The zero-order chi connectivity index (χ0) is 19.8. The number of piperazine rings is 1. The number of rotatable bonds is 4. The van der Waals surface area contributed by atoms with Gasteiger partial charge in [0.15, 0.2) is 0 Å². The summed E-state index contributed by atoms with van der Waals surface area (Å²) < 4.78 is 27.3. The zero-order valence-corrected chi connectivity index (χ0v) is 17.8. The molecule has 0 amide bonds. The number of aryl methyl sites for hydroxylation is 1. The summed E-state index contributed by atoms with van der Waals surface area (Å²) in [5.41, 5.74) is 0.907. The molecule has 0 aliphatic carbocycles. The van der Waals surface area contributed by atoms with E-state index in [2.05, 4.69) is 28.7 Å². The Morgan fingerprint density at radius 1 is 1.07 bits per heavy atom. The van der Waals surface area contributed by atoms with Gasteiger partial charge in [-0.15, -0.1) is 0 Å². The third kappa shape index (κ3) is 4.21. The van der Waals surface area contributed by atoms with Crippen LogP contribution >= 0.6 is 23.2 Å². The second-order valence-corrected chi connectivity index (χ2v) is 9.52. The van der Waals surface area contributed by atoms with Gasteiger partial charge in [-0.1, -0.05) is 43.1 Å². The highest BCUT2D eigenvalue weighted by Crippen LogP contribution is 2.31. The molecule has 6 nitrogen and oxygen atoms in total. The van der Waals surface area contributed by atoms with Crippen molar-refractivity contribution >= 4 is 39.0 Å². The van der Waals surface area contributed by atoms with Crippen LogP contribution in [0.15, 0.2) is 29.2 Å². The summed E-state index contributed by atoms with van der Waals surface area (Å²) in [6, 6.07) is 6.58. The molecular formula is C18H22Cl2N4O2S. The van der Waals surface area contributed by atoms with E-state index in [1.54, 1.807) is 12.1 Å². The van der Waals surface area contributed by atoms with Crippen LogP contribution in [0.1, 0.15) is 31.3 Å². The van der Waals surface area contributed by atoms with Crippen molar-refractivity contribution < 1.29 is 8.42 Å². The molecule has 1 saturated heterocycles. The lowest BCUT2D eigenvalue weighted by atomic mass is 10.2. The van der Waals surface area contributed by atoms with Gasteiger partial charge in [0.25, 0.3) is 0 Å². The predicted molar refractivity (Wildman–Crippen MR) is 108 cm³/mol. The fourth-order valence-electron chi connectivity index (χ4n) is 2.97. The molecule has 3 rings (SSSR count). The van der Waals surface area contributed by atoms with Crippen LogP contribution in [0.3, 0.4) is 0 Å². The second-order valence-electron chi connectivity index (χ2n) is 6.82. The molecule has 1 aromatic carbocycles. The van der Waals surface area contributed by atoms with E-state index >= 15 is 0 Å². The predicted octanol–water partition coefficient (Wildman–Crippen LogP) is 3.73. The smallest absolute Gasteiger partial charge is 0.244 e. The number of hydrogen-bond acceptors (Lipinski definition) is 5. The highest BCUT2D eigenvalue weighted by Gasteiger charge is 2.31. The van der Waals surface area contributed by atoms with Crippen molar-refractivity contribution in [2.24, 2.45) is 0 Å². The van der Waals surface area contributed by atoms with Crippen LogP contribution < -0.4 is 4.90 Å². The van der Waals surface area contributed by atoms with Gasteiger partial charge in [0.05, 0.1) is 10.0 Å². The van der Waals surface area contributed by atoms with Gasteiger partial charge in [-0.05, 0) is 19.1 Å². The molecule has 1 aliphatic rings. The second kappa shape index (κ2) is 7.91. The number of halogens is 2. The third-order valence-electron chi connectivity index (χ3n) is 4.47. The third-order valence-corrected chi connectivity index (χ3v) is 7.34. The summed E-state index contributed by atoms with van der Waals surface area (Å²) in [5.74, 6) is 1.87. The molecule has 0 saturated carbocycles. The van der Waals surface area contributed by atoms with E-state index in [0.717, 1.165) is 17.3 Å². The molecule has 9 heteroatoms. The monoisotopic (exact) mass is 428 g/mol. The molecule has 1 aromatic heterocycles. The largest absolute Gasteiger partial charge is 0.354 e. The summed E-state index contributed by atoms with van der Waals surface area (Å²) in [4.78, 5) is 11.2. The van der Waals surface area contributed by atoms with E-state index < -0.39 is 10.0 Å². The van der Waals surface area contributed by atoms with Crippen LogP contribution in [0, 0.1) is 6.92 Å². The fraction of sp³-hybridized carbons (Fsp3) is 0.444. The van der Waals surface area contributed by atoms with E-state index in [-0.39, 0.29) is 20.9 Å². The Kier molecular flexibility index (Phi) is 5.96. The Bertz CT molecular complexity index is 942. The fourth-order valence-corrected chi connectivity index (χ4v) is 5.13. The van der Waals surface area contributed by atoms with Gasteiger partial charge in [-0.3, -0.25) is 0 Å². The minimum atomic E-state index is -3.69. The van der Waals surface area contributed by atoms with E-state index in [4.69, 9.17) is 23.2 Å². The molecule has 0 unspecified atom stereocenters. The first-order valence-corrected chi connectivity index (χ1v) is 10.9. The number of anilines is 1.